The van der Waals surface area contributed by atoms with Gasteiger partial charge in [0, 0.05) is 5.69 Å². The number of nitrogens with one attached hydrogen (secondary N) is 1. The van der Waals surface area contributed by atoms with E-state index in [1.807, 2.05) is 18.4 Å². The molecule has 1 amide bonds. The van der Waals surface area contributed by atoms with E-state index in [2.05, 4.69) is 16.4 Å². The molecule has 5 heteroatoms. The van der Waals surface area contributed by atoms with Gasteiger partial charge in [-0.3, -0.25) is 4.79 Å². The van der Waals surface area contributed by atoms with Crippen molar-refractivity contribution in [2.24, 2.45) is 23.2 Å². The molecule has 126 valence electrons. The summed E-state index contributed by atoms with van der Waals surface area (Å²) < 4.78 is 2.23. The summed E-state index contributed by atoms with van der Waals surface area (Å²) in [6, 6.07) is 6.12. The third kappa shape index (κ3) is 2.39. The highest BCUT2D eigenvalue weighted by Crippen LogP contribution is 2.60. The molecule has 3 nitrogen and oxygen atoms in total. The molecule has 0 spiro atoms. The van der Waals surface area contributed by atoms with E-state index >= 15 is 0 Å². The van der Waals surface area contributed by atoms with Gasteiger partial charge in [-0.05, 0) is 80.7 Å². The Morgan fingerprint density at radius 1 is 1.21 bits per heavy atom. The molecule has 4 fully saturated rings. The minimum Gasteiger partial charge on any atom is -0.326 e. The fourth-order valence-corrected chi connectivity index (χ4v) is 7.25. The molecular formula is C19H22N2OS2. The van der Waals surface area contributed by atoms with Crippen molar-refractivity contribution >= 4 is 44.9 Å². The lowest BCUT2D eigenvalue weighted by Crippen LogP contribution is -2.51. The number of hydrogen-bond donors (Lipinski definition) is 1. The maximum Gasteiger partial charge on any atom is 0.230 e. The van der Waals surface area contributed by atoms with Crippen LogP contribution in [-0.4, -0.2) is 17.1 Å². The number of carbonyl (C=O) groups is 1. The number of carbonyl (C=O) groups excluding carboxylic acids is 1. The summed E-state index contributed by atoms with van der Waals surface area (Å²) in [6.45, 7) is 0. The van der Waals surface area contributed by atoms with Crippen LogP contribution < -0.4 is 5.32 Å². The molecule has 2 aromatic rings. The molecule has 1 heterocycles. The van der Waals surface area contributed by atoms with E-state index in [-0.39, 0.29) is 11.3 Å². The van der Waals surface area contributed by atoms with Crippen LogP contribution in [0.5, 0.6) is 0 Å². The van der Waals surface area contributed by atoms with Gasteiger partial charge in [-0.2, -0.15) is 0 Å². The number of fused-ring (bicyclic) bond motifs is 1. The zero-order valence-corrected chi connectivity index (χ0v) is 15.5. The number of thioether (sulfide) groups is 1. The van der Waals surface area contributed by atoms with Gasteiger partial charge < -0.3 is 5.32 Å². The molecule has 0 saturated heterocycles. The summed E-state index contributed by atoms with van der Waals surface area (Å²) in [5.74, 6) is 2.68. The van der Waals surface area contributed by atoms with Crippen molar-refractivity contribution in [1.29, 1.82) is 0 Å². The molecule has 0 unspecified atom stereocenters. The topological polar surface area (TPSA) is 42.0 Å². The number of benzene rings is 1. The van der Waals surface area contributed by atoms with E-state index in [0.29, 0.717) is 0 Å². The molecule has 4 bridgehead atoms. The van der Waals surface area contributed by atoms with Gasteiger partial charge in [0.05, 0.1) is 15.6 Å². The Morgan fingerprint density at radius 3 is 2.50 bits per heavy atom. The molecule has 1 aromatic heterocycles. The molecule has 6 rings (SSSR count). The summed E-state index contributed by atoms with van der Waals surface area (Å²) in [5, 5.41) is 3.25. The predicted molar refractivity (Wildman–Crippen MR) is 101 cm³/mol. The van der Waals surface area contributed by atoms with E-state index in [1.54, 1.807) is 23.1 Å². The van der Waals surface area contributed by atoms with Gasteiger partial charge in [0.1, 0.15) is 0 Å². The zero-order chi connectivity index (χ0) is 16.3. The average molecular weight is 359 g/mol. The molecule has 4 saturated carbocycles. The van der Waals surface area contributed by atoms with Crippen LogP contribution >= 0.6 is 23.1 Å². The Balaban J connectivity index is 1.40. The van der Waals surface area contributed by atoms with Crippen molar-refractivity contribution in [3.05, 3.63) is 18.2 Å². The number of anilines is 1. The van der Waals surface area contributed by atoms with Crippen molar-refractivity contribution in [3.8, 4) is 0 Å². The fourth-order valence-electron chi connectivity index (χ4n) is 5.72. The quantitative estimate of drug-likeness (QED) is 0.769. The highest BCUT2D eigenvalue weighted by atomic mass is 32.2. The van der Waals surface area contributed by atoms with Gasteiger partial charge in [-0.1, -0.05) is 11.8 Å². The number of aromatic nitrogens is 1. The number of amides is 1. The highest BCUT2D eigenvalue weighted by Gasteiger charge is 2.54. The Labute approximate surface area is 150 Å². The second kappa shape index (κ2) is 5.46. The number of rotatable bonds is 3. The molecule has 0 aliphatic heterocycles. The van der Waals surface area contributed by atoms with Crippen molar-refractivity contribution in [1.82, 2.24) is 4.98 Å². The smallest absolute Gasteiger partial charge is 0.230 e. The molecule has 24 heavy (non-hydrogen) atoms. The summed E-state index contributed by atoms with van der Waals surface area (Å²) in [6.07, 6.45) is 9.51. The van der Waals surface area contributed by atoms with E-state index < -0.39 is 0 Å². The van der Waals surface area contributed by atoms with Gasteiger partial charge in [0.25, 0.3) is 0 Å². The van der Waals surface area contributed by atoms with E-state index in [4.69, 9.17) is 0 Å². The maximum atomic E-state index is 13.1. The first kappa shape index (κ1) is 15.2. The van der Waals surface area contributed by atoms with Crippen LogP contribution in [0.3, 0.4) is 0 Å². The first-order valence-corrected chi connectivity index (χ1v) is 10.9. The third-order valence-electron chi connectivity index (χ3n) is 6.32. The van der Waals surface area contributed by atoms with Gasteiger partial charge in [-0.25, -0.2) is 4.98 Å². The minimum absolute atomic E-state index is 0.0815. The average Bonchev–Trinajstić information content (AvgIpc) is 2.96. The van der Waals surface area contributed by atoms with Gasteiger partial charge in [0.15, 0.2) is 4.34 Å². The van der Waals surface area contributed by atoms with Crippen LogP contribution in [0, 0.1) is 23.2 Å². The normalized spacial score (nSPS) is 34.0. The third-order valence-corrected chi connectivity index (χ3v) is 8.32. The maximum absolute atomic E-state index is 13.1. The van der Waals surface area contributed by atoms with Crippen LogP contribution in [0.15, 0.2) is 22.5 Å². The SMILES string of the molecule is CSc1nc2ccc(NC(=O)C34CC5CC(CC(C5)C3)C4)cc2s1. The van der Waals surface area contributed by atoms with E-state index in [1.165, 1.54) is 19.3 Å². The van der Waals surface area contributed by atoms with Crippen molar-refractivity contribution < 1.29 is 4.79 Å². The number of hydrogen-bond acceptors (Lipinski definition) is 4. The monoisotopic (exact) mass is 358 g/mol. The second-order valence-corrected chi connectivity index (χ2v) is 10.1. The van der Waals surface area contributed by atoms with Crippen LogP contribution in [0.25, 0.3) is 10.2 Å². The molecule has 0 radical (unpaired) electrons. The lowest BCUT2D eigenvalue weighted by molar-refractivity contribution is -0.140. The van der Waals surface area contributed by atoms with Gasteiger partial charge >= 0.3 is 0 Å². The Hall–Kier alpha value is -1.07. The first-order valence-electron chi connectivity index (χ1n) is 8.89. The molecule has 1 aromatic carbocycles. The van der Waals surface area contributed by atoms with Crippen LogP contribution in [0.2, 0.25) is 0 Å². The van der Waals surface area contributed by atoms with E-state index in [9.17, 15) is 4.79 Å². The fraction of sp³-hybridized carbons (Fsp3) is 0.579. The van der Waals surface area contributed by atoms with Crippen molar-refractivity contribution in [2.75, 3.05) is 11.6 Å². The Morgan fingerprint density at radius 2 is 1.88 bits per heavy atom. The molecule has 4 aliphatic rings. The van der Waals surface area contributed by atoms with Crippen LogP contribution in [0.1, 0.15) is 38.5 Å². The highest BCUT2D eigenvalue weighted by molar-refractivity contribution is 8.00. The lowest BCUT2D eigenvalue weighted by Gasteiger charge is -2.55. The summed E-state index contributed by atoms with van der Waals surface area (Å²) >= 11 is 3.37. The Bertz CT molecular complexity index is 778. The van der Waals surface area contributed by atoms with E-state index in [0.717, 1.165) is 57.3 Å². The van der Waals surface area contributed by atoms with Crippen LogP contribution in [-0.2, 0) is 4.79 Å². The van der Waals surface area contributed by atoms with Crippen molar-refractivity contribution in [2.45, 2.75) is 42.9 Å². The second-order valence-electron chi connectivity index (χ2n) is 8.02. The van der Waals surface area contributed by atoms with Gasteiger partial charge in [0.2, 0.25) is 5.91 Å². The lowest BCUT2D eigenvalue weighted by atomic mass is 9.49. The summed E-state index contributed by atoms with van der Waals surface area (Å²) in [7, 11) is 0. The molecule has 1 N–H and O–H groups in total. The minimum atomic E-state index is -0.0815. The number of nitrogens with zero attached hydrogens (tertiary/aromatic N) is 1. The molecular weight excluding hydrogens is 336 g/mol. The standard InChI is InChI=1S/C19H22N2OS2/c1-23-18-21-15-3-2-14(7-16(15)24-18)20-17(22)19-8-11-4-12(9-19)6-13(5-11)10-19/h2-3,7,11-13H,4-6,8-10H2,1H3,(H,20,22). The molecule has 4 aliphatic carbocycles. The number of thiazole rings is 1. The summed E-state index contributed by atoms with van der Waals surface area (Å²) in [5.41, 5.74) is 1.87. The predicted octanol–water partition coefficient (Wildman–Crippen LogP) is 5.17. The largest absolute Gasteiger partial charge is 0.326 e. The first-order chi connectivity index (χ1) is 11.6. The molecule has 0 atom stereocenters. The van der Waals surface area contributed by atoms with Gasteiger partial charge in [-0.15, -0.1) is 11.3 Å². The van der Waals surface area contributed by atoms with Crippen LogP contribution in [0.4, 0.5) is 5.69 Å². The zero-order valence-electron chi connectivity index (χ0n) is 13.9. The van der Waals surface area contributed by atoms with Crippen molar-refractivity contribution in [3.63, 3.8) is 0 Å². The summed E-state index contributed by atoms with van der Waals surface area (Å²) in [4.78, 5) is 17.7. The Kier molecular flexibility index (Phi) is 3.46.